The van der Waals surface area contributed by atoms with Crippen LogP contribution in [-0.2, 0) is 19.0 Å². The van der Waals surface area contributed by atoms with Gasteiger partial charge in [-0.1, -0.05) is 6.58 Å². The second-order valence-corrected chi connectivity index (χ2v) is 3.71. The number of hydrogen-bond acceptors (Lipinski definition) is 4. The predicted octanol–water partition coefficient (Wildman–Crippen LogP) is 0.865. The second-order valence-electron chi connectivity index (χ2n) is 3.71. The van der Waals surface area contributed by atoms with Gasteiger partial charge in [-0.3, -0.25) is 4.79 Å². The number of rotatable bonds is 2. The molecule has 1 saturated heterocycles. The monoisotopic (exact) mass is 198 g/mol. The highest BCUT2D eigenvalue weighted by Crippen LogP contribution is 2.37. The zero-order chi connectivity index (χ0) is 10.1. The van der Waals surface area contributed by atoms with E-state index < -0.39 is 0 Å². The standard InChI is InChI=1S/C10H14O4/c1-6-8-4-12-7(2)14-10(8)3-9(6)13-5-11/h5,7-10H,1,3-4H2,2H3. The molecule has 0 radical (unpaired) electrons. The van der Waals surface area contributed by atoms with Crippen molar-refractivity contribution in [2.45, 2.75) is 31.8 Å². The Balaban J connectivity index is 2.04. The van der Waals surface area contributed by atoms with E-state index in [1.165, 1.54) is 0 Å². The van der Waals surface area contributed by atoms with Gasteiger partial charge in [-0.05, 0) is 12.5 Å². The molecule has 0 aromatic carbocycles. The number of carbonyl (C=O) groups excluding carboxylic acids is 1. The lowest BCUT2D eigenvalue weighted by molar-refractivity contribution is -0.215. The molecule has 4 heteroatoms. The topological polar surface area (TPSA) is 44.8 Å². The summed E-state index contributed by atoms with van der Waals surface area (Å²) in [4.78, 5) is 10.2. The first kappa shape index (κ1) is 9.68. The highest BCUT2D eigenvalue weighted by Gasteiger charge is 2.43. The van der Waals surface area contributed by atoms with E-state index >= 15 is 0 Å². The first-order valence-corrected chi connectivity index (χ1v) is 4.77. The first-order valence-electron chi connectivity index (χ1n) is 4.77. The molecule has 0 aromatic rings. The van der Waals surface area contributed by atoms with Crippen LogP contribution in [0.2, 0.25) is 0 Å². The van der Waals surface area contributed by atoms with Gasteiger partial charge in [-0.15, -0.1) is 0 Å². The number of ether oxygens (including phenoxy) is 3. The Morgan fingerprint density at radius 3 is 3.14 bits per heavy atom. The zero-order valence-corrected chi connectivity index (χ0v) is 8.14. The Kier molecular flexibility index (Phi) is 2.56. The van der Waals surface area contributed by atoms with Crippen LogP contribution in [0.5, 0.6) is 0 Å². The normalized spacial score (nSPS) is 41.9. The lowest BCUT2D eigenvalue weighted by atomic mass is 10.0. The molecule has 0 N–H and O–H groups in total. The molecule has 78 valence electrons. The molecule has 2 fully saturated rings. The average molecular weight is 198 g/mol. The maximum Gasteiger partial charge on any atom is 0.293 e. The van der Waals surface area contributed by atoms with Gasteiger partial charge in [0.2, 0.25) is 0 Å². The number of carbonyl (C=O) groups is 1. The molecule has 1 aliphatic carbocycles. The lowest BCUT2D eigenvalue weighted by Gasteiger charge is -2.30. The van der Waals surface area contributed by atoms with Crippen molar-refractivity contribution in [3.05, 3.63) is 12.2 Å². The van der Waals surface area contributed by atoms with Gasteiger partial charge in [-0.2, -0.15) is 0 Å². The molecule has 0 bridgehead atoms. The van der Waals surface area contributed by atoms with Crippen LogP contribution in [0.25, 0.3) is 0 Å². The molecule has 2 rings (SSSR count). The molecule has 0 aromatic heterocycles. The van der Waals surface area contributed by atoms with Gasteiger partial charge in [0.1, 0.15) is 6.10 Å². The van der Waals surface area contributed by atoms with Crippen molar-refractivity contribution in [2.24, 2.45) is 5.92 Å². The van der Waals surface area contributed by atoms with Gasteiger partial charge in [0, 0.05) is 12.3 Å². The summed E-state index contributed by atoms with van der Waals surface area (Å²) < 4.78 is 15.9. The third kappa shape index (κ3) is 1.55. The summed E-state index contributed by atoms with van der Waals surface area (Å²) in [6, 6.07) is 0. The van der Waals surface area contributed by atoms with Crippen LogP contribution < -0.4 is 0 Å². The zero-order valence-electron chi connectivity index (χ0n) is 8.14. The van der Waals surface area contributed by atoms with E-state index in [0.717, 1.165) is 5.57 Å². The third-order valence-corrected chi connectivity index (χ3v) is 2.88. The van der Waals surface area contributed by atoms with E-state index in [-0.39, 0.29) is 24.4 Å². The Morgan fingerprint density at radius 2 is 2.43 bits per heavy atom. The van der Waals surface area contributed by atoms with Crippen molar-refractivity contribution in [3.8, 4) is 0 Å². The number of hydrogen-bond donors (Lipinski definition) is 0. The van der Waals surface area contributed by atoms with E-state index in [1.54, 1.807) is 0 Å². The van der Waals surface area contributed by atoms with Crippen LogP contribution in [0.3, 0.4) is 0 Å². The summed E-state index contributed by atoms with van der Waals surface area (Å²) in [6.45, 7) is 6.87. The molecule has 1 saturated carbocycles. The molecule has 4 unspecified atom stereocenters. The maximum absolute atomic E-state index is 10.2. The van der Waals surface area contributed by atoms with Gasteiger partial charge in [-0.25, -0.2) is 0 Å². The largest absolute Gasteiger partial charge is 0.460 e. The first-order chi connectivity index (χ1) is 6.72. The minimum absolute atomic E-state index is 0.0937. The summed E-state index contributed by atoms with van der Waals surface area (Å²) in [6.07, 6.45) is 0.433. The van der Waals surface area contributed by atoms with Crippen molar-refractivity contribution in [1.82, 2.24) is 0 Å². The fraction of sp³-hybridized carbons (Fsp3) is 0.700. The van der Waals surface area contributed by atoms with E-state index in [2.05, 4.69) is 6.58 Å². The molecule has 4 atom stereocenters. The van der Waals surface area contributed by atoms with Gasteiger partial charge in [0.15, 0.2) is 6.29 Å². The summed E-state index contributed by atoms with van der Waals surface area (Å²) in [7, 11) is 0. The molecule has 0 amide bonds. The quantitative estimate of drug-likeness (QED) is 0.487. The van der Waals surface area contributed by atoms with Crippen molar-refractivity contribution in [2.75, 3.05) is 6.61 Å². The Labute approximate surface area is 82.8 Å². The van der Waals surface area contributed by atoms with Crippen molar-refractivity contribution < 1.29 is 19.0 Å². The van der Waals surface area contributed by atoms with Crippen LogP contribution >= 0.6 is 0 Å². The maximum atomic E-state index is 10.2. The van der Waals surface area contributed by atoms with Crippen LogP contribution in [0.1, 0.15) is 13.3 Å². The van der Waals surface area contributed by atoms with E-state index in [9.17, 15) is 4.79 Å². The molecule has 14 heavy (non-hydrogen) atoms. The van der Waals surface area contributed by atoms with Crippen LogP contribution in [0.4, 0.5) is 0 Å². The molecule has 1 heterocycles. The lowest BCUT2D eigenvalue weighted by Crippen LogP contribution is -2.35. The minimum atomic E-state index is -0.198. The second kappa shape index (κ2) is 3.71. The highest BCUT2D eigenvalue weighted by molar-refractivity contribution is 5.39. The van der Waals surface area contributed by atoms with Crippen LogP contribution in [-0.4, -0.2) is 31.6 Å². The number of fused-ring (bicyclic) bond motifs is 1. The third-order valence-electron chi connectivity index (χ3n) is 2.88. The van der Waals surface area contributed by atoms with Crippen molar-refractivity contribution in [1.29, 1.82) is 0 Å². The fourth-order valence-corrected chi connectivity index (χ4v) is 2.10. The molecular weight excluding hydrogens is 184 g/mol. The Morgan fingerprint density at radius 1 is 1.64 bits per heavy atom. The van der Waals surface area contributed by atoms with Crippen molar-refractivity contribution >= 4 is 6.47 Å². The van der Waals surface area contributed by atoms with Gasteiger partial charge < -0.3 is 14.2 Å². The molecule has 1 aliphatic heterocycles. The van der Waals surface area contributed by atoms with Crippen LogP contribution in [0, 0.1) is 5.92 Å². The Bertz CT molecular complexity index is 251. The average Bonchev–Trinajstić information content (AvgIpc) is 2.44. The molecule has 0 spiro atoms. The van der Waals surface area contributed by atoms with Crippen LogP contribution in [0.15, 0.2) is 12.2 Å². The molecule has 4 nitrogen and oxygen atoms in total. The van der Waals surface area contributed by atoms with Gasteiger partial charge in [0.05, 0.1) is 12.7 Å². The molecular formula is C10H14O4. The van der Waals surface area contributed by atoms with Crippen molar-refractivity contribution in [3.63, 3.8) is 0 Å². The smallest absolute Gasteiger partial charge is 0.293 e. The fourth-order valence-electron chi connectivity index (χ4n) is 2.10. The summed E-state index contributed by atoms with van der Waals surface area (Å²) in [5.41, 5.74) is 0.911. The predicted molar refractivity (Wildman–Crippen MR) is 48.5 cm³/mol. The van der Waals surface area contributed by atoms with E-state index in [4.69, 9.17) is 14.2 Å². The SMILES string of the molecule is C=C1C(OC=O)CC2OC(C)OCC12. The highest BCUT2D eigenvalue weighted by atomic mass is 16.7. The Hall–Kier alpha value is -0.870. The summed E-state index contributed by atoms with van der Waals surface area (Å²) >= 11 is 0. The van der Waals surface area contributed by atoms with Gasteiger partial charge in [0.25, 0.3) is 6.47 Å². The van der Waals surface area contributed by atoms with Gasteiger partial charge >= 0.3 is 0 Å². The van der Waals surface area contributed by atoms with E-state index in [1.807, 2.05) is 6.92 Å². The van der Waals surface area contributed by atoms with E-state index in [0.29, 0.717) is 19.5 Å². The summed E-state index contributed by atoms with van der Waals surface area (Å²) in [5.74, 6) is 0.177. The minimum Gasteiger partial charge on any atom is -0.460 e. The molecule has 2 aliphatic rings. The summed E-state index contributed by atoms with van der Waals surface area (Å²) in [5, 5.41) is 0.